The van der Waals surface area contributed by atoms with E-state index in [-0.39, 0.29) is 29.9 Å². The number of anilines is 1. The summed E-state index contributed by atoms with van der Waals surface area (Å²) >= 11 is 3.38. The van der Waals surface area contributed by atoms with Crippen LogP contribution in [0.15, 0.2) is 51.8 Å². The van der Waals surface area contributed by atoms with Crippen molar-refractivity contribution in [1.82, 2.24) is 4.90 Å². The molecule has 0 unspecified atom stereocenters. The van der Waals surface area contributed by atoms with Gasteiger partial charge in [0.1, 0.15) is 0 Å². The van der Waals surface area contributed by atoms with E-state index in [1.165, 1.54) is 12.1 Å². The highest BCUT2D eigenvalue weighted by molar-refractivity contribution is 9.10. The number of primary sulfonamides is 1. The molecular formula is C20H23BrN4O4S. The van der Waals surface area contributed by atoms with Crippen LogP contribution in [0.4, 0.5) is 5.69 Å². The average Bonchev–Trinajstić information content (AvgIpc) is 2.97. The number of hydrogen-bond donors (Lipinski definition) is 2. The highest BCUT2D eigenvalue weighted by Gasteiger charge is 2.32. The first-order valence-corrected chi connectivity index (χ1v) is 11.6. The van der Waals surface area contributed by atoms with Gasteiger partial charge in [0.05, 0.1) is 18.0 Å². The number of nitrogens with two attached hydrogens (primary N) is 2. The summed E-state index contributed by atoms with van der Waals surface area (Å²) < 4.78 is 24.2. The van der Waals surface area contributed by atoms with Crippen molar-refractivity contribution in [1.29, 1.82) is 0 Å². The van der Waals surface area contributed by atoms with Crippen LogP contribution in [-0.4, -0.2) is 44.3 Å². The minimum absolute atomic E-state index is 0.000275. The number of halogens is 1. The molecule has 0 fully saturated rings. The van der Waals surface area contributed by atoms with Crippen LogP contribution in [-0.2, 0) is 32.6 Å². The lowest BCUT2D eigenvalue weighted by Crippen LogP contribution is -2.45. The van der Waals surface area contributed by atoms with E-state index in [1.54, 1.807) is 15.9 Å². The third kappa shape index (κ3) is 5.25. The molecule has 3 rings (SSSR count). The second kappa shape index (κ2) is 8.84. The van der Waals surface area contributed by atoms with Gasteiger partial charge in [-0.1, -0.05) is 28.1 Å². The van der Waals surface area contributed by atoms with E-state index in [1.807, 2.05) is 31.2 Å². The number of primary amides is 1. The van der Waals surface area contributed by atoms with Gasteiger partial charge in [-0.2, -0.15) is 0 Å². The van der Waals surface area contributed by atoms with Gasteiger partial charge in [0.25, 0.3) is 0 Å². The van der Waals surface area contributed by atoms with Gasteiger partial charge < -0.3 is 10.6 Å². The van der Waals surface area contributed by atoms with Gasteiger partial charge in [-0.05, 0) is 54.8 Å². The Kier molecular flexibility index (Phi) is 6.61. The first-order valence-electron chi connectivity index (χ1n) is 9.27. The molecule has 0 aliphatic carbocycles. The predicted octanol–water partition coefficient (Wildman–Crippen LogP) is 1.36. The standard InChI is InChI=1S/C20H23BrN4O4S/c1-13-8-15-9-17(30(23,28)29)6-7-18(15)25(13)20(27)12-24(11-19(22)26)10-14-2-4-16(21)5-3-14/h2-7,9,13H,8,10-12H2,1H3,(H2,22,26)(H2,23,28,29)/t13-/m0/s1. The molecule has 1 aliphatic heterocycles. The van der Waals surface area contributed by atoms with Gasteiger partial charge in [-0.3, -0.25) is 14.5 Å². The number of carbonyl (C=O) groups is 2. The molecule has 0 saturated heterocycles. The van der Waals surface area contributed by atoms with E-state index in [4.69, 9.17) is 10.9 Å². The minimum Gasteiger partial charge on any atom is -0.369 e. The number of benzene rings is 2. The van der Waals surface area contributed by atoms with Crippen molar-refractivity contribution in [2.24, 2.45) is 10.9 Å². The molecule has 0 radical (unpaired) electrons. The number of nitrogens with zero attached hydrogens (tertiary/aromatic N) is 2. The molecule has 8 nitrogen and oxygen atoms in total. The van der Waals surface area contributed by atoms with Gasteiger partial charge in [-0.25, -0.2) is 13.6 Å². The Morgan fingerprint density at radius 2 is 1.83 bits per heavy atom. The van der Waals surface area contributed by atoms with Crippen LogP contribution in [0.2, 0.25) is 0 Å². The Morgan fingerprint density at radius 1 is 1.17 bits per heavy atom. The number of fused-ring (bicyclic) bond motifs is 1. The van der Waals surface area contributed by atoms with Crippen molar-refractivity contribution >= 4 is 43.5 Å². The number of rotatable bonds is 7. The molecule has 4 N–H and O–H groups in total. The fraction of sp³-hybridized carbons (Fsp3) is 0.300. The van der Waals surface area contributed by atoms with Crippen molar-refractivity contribution in [2.45, 2.75) is 30.8 Å². The van der Waals surface area contributed by atoms with Gasteiger partial charge in [0.2, 0.25) is 21.8 Å². The topological polar surface area (TPSA) is 127 Å². The van der Waals surface area contributed by atoms with E-state index in [2.05, 4.69) is 15.9 Å². The molecule has 160 valence electrons. The monoisotopic (exact) mass is 494 g/mol. The maximum absolute atomic E-state index is 13.1. The fourth-order valence-corrected chi connectivity index (χ4v) is 4.50. The highest BCUT2D eigenvalue weighted by atomic mass is 79.9. The zero-order chi connectivity index (χ0) is 22.1. The Balaban J connectivity index is 1.80. The molecule has 1 aliphatic rings. The smallest absolute Gasteiger partial charge is 0.241 e. The maximum Gasteiger partial charge on any atom is 0.241 e. The third-order valence-electron chi connectivity index (χ3n) is 4.92. The molecule has 2 aromatic carbocycles. The molecule has 0 spiro atoms. The molecular weight excluding hydrogens is 472 g/mol. The summed E-state index contributed by atoms with van der Waals surface area (Å²) in [5.41, 5.74) is 7.73. The fourth-order valence-electron chi connectivity index (χ4n) is 3.67. The van der Waals surface area contributed by atoms with E-state index in [0.29, 0.717) is 18.7 Å². The van der Waals surface area contributed by atoms with E-state index in [0.717, 1.165) is 15.6 Å². The van der Waals surface area contributed by atoms with Gasteiger partial charge in [0, 0.05) is 22.7 Å². The number of sulfonamides is 1. The predicted molar refractivity (Wildman–Crippen MR) is 117 cm³/mol. The Hall–Kier alpha value is -2.27. The number of hydrogen-bond acceptors (Lipinski definition) is 5. The first-order chi connectivity index (χ1) is 14.0. The third-order valence-corrected chi connectivity index (χ3v) is 6.36. The van der Waals surface area contributed by atoms with Crippen molar-refractivity contribution in [3.05, 3.63) is 58.1 Å². The number of carbonyl (C=O) groups excluding carboxylic acids is 2. The molecule has 2 amide bonds. The summed E-state index contributed by atoms with van der Waals surface area (Å²) in [5.74, 6) is -0.712. The highest BCUT2D eigenvalue weighted by Crippen LogP contribution is 2.33. The minimum atomic E-state index is -3.82. The Labute approximate surface area is 184 Å². The van der Waals surface area contributed by atoms with Crippen molar-refractivity contribution in [3.8, 4) is 0 Å². The number of amides is 2. The summed E-state index contributed by atoms with van der Waals surface area (Å²) in [4.78, 5) is 28.0. The van der Waals surface area contributed by atoms with Crippen LogP contribution in [0, 0.1) is 0 Å². The van der Waals surface area contributed by atoms with Crippen molar-refractivity contribution < 1.29 is 18.0 Å². The lowest BCUT2D eigenvalue weighted by molar-refractivity contribution is -0.122. The Bertz CT molecular complexity index is 1070. The van der Waals surface area contributed by atoms with Crippen LogP contribution < -0.4 is 15.8 Å². The lowest BCUT2D eigenvalue weighted by Gasteiger charge is -2.27. The molecule has 0 aromatic heterocycles. The summed E-state index contributed by atoms with van der Waals surface area (Å²) in [6.45, 7) is 2.23. The SMILES string of the molecule is C[C@H]1Cc2cc(S(N)(=O)=O)ccc2N1C(=O)CN(CC(N)=O)Cc1ccc(Br)cc1. The van der Waals surface area contributed by atoms with Crippen LogP contribution in [0.25, 0.3) is 0 Å². The molecule has 0 saturated carbocycles. The molecule has 1 heterocycles. The molecule has 30 heavy (non-hydrogen) atoms. The van der Waals surface area contributed by atoms with Crippen LogP contribution in [0.5, 0.6) is 0 Å². The zero-order valence-electron chi connectivity index (χ0n) is 16.4. The summed E-state index contributed by atoms with van der Waals surface area (Å²) in [5, 5.41) is 5.21. The van der Waals surface area contributed by atoms with Crippen LogP contribution >= 0.6 is 15.9 Å². The molecule has 0 bridgehead atoms. The maximum atomic E-state index is 13.1. The normalized spacial score (nSPS) is 16.0. The van der Waals surface area contributed by atoms with Gasteiger partial charge >= 0.3 is 0 Å². The lowest BCUT2D eigenvalue weighted by atomic mass is 10.1. The first kappa shape index (κ1) is 22.4. The van der Waals surface area contributed by atoms with E-state index >= 15 is 0 Å². The summed E-state index contributed by atoms with van der Waals surface area (Å²) in [7, 11) is -3.82. The second-order valence-corrected chi connectivity index (χ2v) is 9.87. The Morgan fingerprint density at radius 3 is 2.43 bits per heavy atom. The van der Waals surface area contributed by atoms with E-state index < -0.39 is 15.9 Å². The summed E-state index contributed by atoms with van der Waals surface area (Å²) in [6, 6.07) is 12.0. The molecule has 2 aromatic rings. The van der Waals surface area contributed by atoms with Crippen LogP contribution in [0.3, 0.4) is 0 Å². The van der Waals surface area contributed by atoms with Gasteiger partial charge in [0.15, 0.2) is 0 Å². The summed E-state index contributed by atoms with van der Waals surface area (Å²) in [6.07, 6.45) is 0.521. The van der Waals surface area contributed by atoms with Crippen molar-refractivity contribution in [3.63, 3.8) is 0 Å². The second-order valence-electron chi connectivity index (χ2n) is 7.39. The zero-order valence-corrected chi connectivity index (χ0v) is 18.8. The van der Waals surface area contributed by atoms with Gasteiger partial charge in [-0.15, -0.1) is 0 Å². The van der Waals surface area contributed by atoms with Crippen LogP contribution in [0.1, 0.15) is 18.1 Å². The average molecular weight is 495 g/mol. The van der Waals surface area contributed by atoms with E-state index in [9.17, 15) is 18.0 Å². The quantitative estimate of drug-likeness (QED) is 0.600. The molecule has 10 heteroatoms. The largest absolute Gasteiger partial charge is 0.369 e. The molecule has 1 atom stereocenters. The van der Waals surface area contributed by atoms with Crippen molar-refractivity contribution in [2.75, 3.05) is 18.0 Å².